The second-order valence-corrected chi connectivity index (χ2v) is 8.74. The summed E-state index contributed by atoms with van der Waals surface area (Å²) in [7, 11) is 0. The Hall–Kier alpha value is -0.450. The number of hydrogen-bond donors (Lipinski definition) is 1. The minimum absolute atomic E-state index is 0.0711. The summed E-state index contributed by atoms with van der Waals surface area (Å²) in [6.07, 6.45) is 2.12. The van der Waals surface area contributed by atoms with E-state index < -0.39 is 0 Å². The van der Waals surface area contributed by atoms with E-state index in [1.165, 1.54) is 0 Å². The molecule has 0 aromatic rings. The molecular weight excluding hydrogens is 276 g/mol. The summed E-state index contributed by atoms with van der Waals surface area (Å²) in [4.78, 5) is 14.7. The number of likely N-dealkylation sites (tertiary alicyclic amines) is 1. The Bertz CT molecular complexity index is 381. The number of morpholine rings is 1. The molecule has 0 spiro atoms. The Balaban J connectivity index is 1.86. The van der Waals surface area contributed by atoms with Gasteiger partial charge in [0.05, 0.1) is 12.7 Å². The third-order valence-electron chi connectivity index (χ3n) is 5.42. The predicted molar refractivity (Wildman–Crippen MR) is 90.0 cm³/mol. The van der Waals surface area contributed by atoms with Crippen LogP contribution >= 0.6 is 0 Å². The van der Waals surface area contributed by atoms with Crippen LogP contribution in [-0.2, 0) is 9.53 Å². The lowest BCUT2D eigenvalue weighted by Gasteiger charge is -2.41. The molecule has 128 valence electrons. The molecule has 0 amide bonds. The van der Waals surface area contributed by atoms with Crippen LogP contribution in [0, 0.1) is 16.7 Å². The summed E-state index contributed by atoms with van der Waals surface area (Å²) < 4.78 is 5.94. The van der Waals surface area contributed by atoms with Crippen molar-refractivity contribution in [1.82, 2.24) is 10.2 Å². The van der Waals surface area contributed by atoms with Gasteiger partial charge in [-0.2, -0.15) is 0 Å². The van der Waals surface area contributed by atoms with Crippen molar-refractivity contribution >= 4 is 5.78 Å². The molecule has 0 bridgehead atoms. The monoisotopic (exact) mass is 310 g/mol. The predicted octanol–water partition coefficient (Wildman–Crippen LogP) is 2.33. The molecular formula is C18H34N2O2. The molecule has 2 unspecified atom stereocenters. The number of nitrogens with zero attached hydrogens (tertiary/aromatic N) is 1. The third-order valence-corrected chi connectivity index (χ3v) is 5.42. The van der Waals surface area contributed by atoms with Gasteiger partial charge in [0.1, 0.15) is 5.78 Å². The molecule has 2 aliphatic heterocycles. The van der Waals surface area contributed by atoms with E-state index in [2.05, 4.69) is 44.8 Å². The summed E-state index contributed by atoms with van der Waals surface area (Å²) >= 11 is 0. The first-order valence-electron chi connectivity index (χ1n) is 8.77. The van der Waals surface area contributed by atoms with E-state index in [-0.39, 0.29) is 16.7 Å². The fraction of sp³-hybridized carbons (Fsp3) is 0.944. The average molecular weight is 310 g/mol. The lowest BCUT2D eigenvalue weighted by atomic mass is 9.75. The average Bonchev–Trinajstić information content (AvgIpc) is 2.46. The second-order valence-electron chi connectivity index (χ2n) is 8.74. The molecule has 4 nitrogen and oxygen atoms in total. The zero-order chi connectivity index (χ0) is 16.4. The first-order chi connectivity index (χ1) is 10.2. The van der Waals surface area contributed by atoms with Gasteiger partial charge in [0.25, 0.3) is 0 Å². The van der Waals surface area contributed by atoms with Gasteiger partial charge in [-0.3, -0.25) is 4.79 Å². The van der Waals surface area contributed by atoms with Crippen LogP contribution in [0.2, 0.25) is 0 Å². The minimum Gasteiger partial charge on any atom is -0.375 e. The fourth-order valence-electron chi connectivity index (χ4n) is 3.53. The van der Waals surface area contributed by atoms with E-state index in [4.69, 9.17) is 4.74 Å². The van der Waals surface area contributed by atoms with Crippen molar-refractivity contribution in [2.45, 2.75) is 53.6 Å². The fourth-order valence-corrected chi connectivity index (χ4v) is 3.53. The SMILES string of the molecule is CC(C)(C)C1CN(CCC(C)(C)C2CNCCO2)CCC1=O. The number of ketones is 1. The van der Waals surface area contributed by atoms with E-state index in [0.717, 1.165) is 45.8 Å². The standard InChI is InChI=1S/C18H34N2O2/c1-17(2,3)14-13-20(9-6-15(14)21)10-7-18(4,5)16-12-19-8-11-22-16/h14,16,19H,6-13H2,1-5H3. The smallest absolute Gasteiger partial charge is 0.139 e. The molecule has 2 aliphatic rings. The van der Waals surface area contributed by atoms with Crippen LogP contribution in [0.1, 0.15) is 47.5 Å². The number of Topliss-reactive ketones (excluding diaryl/α,β-unsaturated/α-hetero) is 1. The molecule has 2 rings (SSSR count). The molecule has 4 heteroatoms. The highest BCUT2D eigenvalue weighted by atomic mass is 16.5. The highest BCUT2D eigenvalue weighted by Gasteiger charge is 2.37. The van der Waals surface area contributed by atoms with Crippen LogP contribution in [0.4, 0.5) is 0 Å². The Kier molecular flexibility index (Phi) is 5.68. The molecule has 0 radical (unpaired) electrons. The second kappa shape index (κ2) is 6.98. The van der Waals surface area contributed by atoms with Crippen molar-refractivity contribution in [2.24, 2.45) is 16.7 Å². The van der Waals surface area contributed by atoms with E-state index >= 15 is 0 Å². The van der Waals surface area contributed by atoms with Crippen molar-refractivity contribution in [3.05, 3.63) is 0 Å². The van der Waals surface area contributed by atoms with Gasteiger partial charge in [-0.25, -0.2) is 0 Å². The van der Waals surface area contributed by atoms with Gasteiger partial charge in [-0.1, -0.05) is 34.6 Å². The Morgan fingerprint density at radius 3 is 2.59 bits per heavy atom. The largest absolute Gasteiger partial charge is 0.375 e. The van der Waals surface area contributed by atoms with Crippen molar-refractivity contribution < 1.29 is 9.53 Å². The van der Waals surface area contributed by atoms with Crippen LogP contribution in [0.5, 0.6) is 0 Å². The summed E-state index contributed by atoms with van der Waals surface area (Å²) in [6, 6.07) is 0. The lowest BCUT2D eigenvalue weighted by Crippen LogP contribution is -2.49. The van der Waals surface area contributed by atoms with Crippen LogP contribution < -0.4 is 5.32 Å². The van der Waals surface area contributed by atoms with E-state index in [9.17, 15) is 4.79 Å². The Labute approximate surface area is 136 Å². The summed E-state index contributed by atoms with van der Waals surface area (Å²) in [6.45, 7) is 16.8. The number of carbonyl (C=O) groups excluding carboxylic acids is 1. The lowest BCUT2D eigenvalue weighted by molar-refractivity contribution is -0.130. The summed E-state index contributed by atoms with van der Waals surface area (Å²) in [5.41, 5.74) is 0.244. The maximum absolute atomic E-state index is 12.2. The molecule has 0 aromatic carbocycles. The van der Waals surface area contributed by atoms with Gasteiger partial charge in [-0.05, 0) is 23.8 Å². The molecule has 22 heavy (non-hydrogen) atoms. The van der Waals surface area contributed by atoms with Crippen molar-refractivity contribution in [1.29, 1.82) is 0 Å². The highest BCUT2D eigenvalue weighted by Crippen LogP contribution is 2.33. The number of hydrogen-bond acceptors (Lipinski definition) is 4. The number of piperidine rings is 1. The van der Waals surface area contributed by atoms with Gasteiger partial charge >= 0.3 is 0 Å². The van der Waals surface area contributed by atoms with Crippen molar-refractivity contribution in [2.75, 3.05) is 39.3 Å². The molecule has 2 heterocycles. The highest BCUT2D eigenvalue weighted by molar-refractivity contribution is 5.82. The van der Waals surface area contributed by atoms with Crippen LogP contribution in [-0.4, -0.2) is 56.1 Å². The molecule has 0 aliphatic carbocycles. The first-order valence-corrected chi connectivity index (χ1v) is 8.77. The van der Waals surface area contributed by atoms with Gasteiger partial charge in [-0.15, -0.1) is 0 Å². The Morgan fingerprint density at radius 1 is 1.27 bits per heavy atom. The van der Waals surface area contributed by atoms with Gasteiger partial charge in [0.2, 0.25) is 0 Å². The zero-order valence-electron chi connectivity index (χ0n) is 15.1. The van der Waals surface area contributed by atoms with Gasteiger partial charge in [0, 0.05) is 38.5 Å². The molecule has 2 saturated heterocycles. The Morgan fingerprint density at radius 2 is 2.00 bits per heavy atom. The van der Waals surface area contributed by atoms with E-state index in [1.807, 2.05) is 0 Å². The zero-order valence-corrected chi connectivity index (χ0v) is 15.1. The summed E-state index contributed by atoms with van der Waals surface area (Å²) in [5.74, 6) is 0.625. The minimum atomic E-state index is 0.0711. The maximum Gasteiger partial charge on any atom is 0.139 e. The third kappa shape index (κ3) is 4.53. The molecule has 0 saturated carbocycles. The summed E-state index contributed by atoms with van der Waals surface area (Å²) in [5, 5.41) is 3.43. The number of ether oxygens (including phenoxy) is 1. The topological polar surface area (TPSA) is 41.6 Å². The first kappa shape index (κ1) is 17.9. The van der Waals surface area contributed by atoms with Crippen LogP contribution in [0.25, 0.3) is 0 Å². The van der Waals surface area contributed by atoms with Crippen LogP contribution in [0.15, 0.2) is 0 Å². The molecule has 2 atom stereocenters. The van der Waals surface area contributed by atoms with Gasteiger partial charge in [0.15, 0.2) is 0 Å². The number of nitrogens with one attached hydrogen (secondary N) is 1. The number of carbonyl (C=O) groups is 1. The maximum atomic E-state index is 12.2. The van der Waals surface area contributed by atoms with Crippen LogP contribution in [0.3, 0.4) is 0 Å². The molecule has 2 fully saturated rings. The molecule has 1 N–H and O–H groups in total. The normalized spacial score (nSPS) is 28.9. The van der Waals surface area contributed by atoms with Crippen molar-refractivity contribution in [3.8, 4) is 0 Å². The van der Waals surface area contributed by atoms with Crippen molar-refractivity contribution in [3.63, 3.8) is 0 Å². The number of rotatable bonds is 4. The van der Waals surface area contributed by atoms with E-state index in [0.29, 0.717) is 18.3 Å². The molecule has 0 aromatic heterocycles. The quantitative estimate of drug-likeness (QED) is 0.865. The van der Waals surface area contributed by atoms with E-state index in [1.54, 1.807) is 0 Å². The van der Waals surface area contributed by atoms with Gasteiger partial charge < -0.3 is 15.0 Å².